The molecule has 0 radical (unpaired) electrons. The van der Waals surface area contributed by atoms with Crippen molar-refractivity contribution < 1.29 is 14.3 Å². The number of anilines is 1. The van der Waals surface area contributed by atoms with E-state index in [1.54, 1.807) is 14.2 Å². The number of nitrogens with one attached hydrogen (secondary N) is 1. The van der Waals surface area contributed by atoms with Gasteiger partial charge >= 0.3 is 0 Å². The summed E-state index contributed by atoms with van der Waals surface area (Å²) in [5.74, 6) is 1.98. The molecule has 1 N–H and O–H groups in total. The zero-order valence-corrected chi connectivity index (χ0v) is 20.3. The molecule has 1 amide bonds. The van der Waals surface area contributed by atoms with Gasteiger partial charge in [-0.2, -0.15) is 0 Å². The van der Waals surface area contributed by atoms with Gasteiger partial charge in [0.05, 0.1) is 20.0 Å². The van der Waals surface area contributed by atoms with E-state index in [1.807, 2.05) is 85.1 Å². The number of carbonyl (C=O) groups is 1. The van der Waals surface area contributed by atoms with Crippen molar-refractivity contribution in [3.8, 4) is 28.6 Å². The molecule has 34 heavy (non-hydrogen) atoms. The highest BCUT2D eigenvalue weighted by Gasteiger charge is 2.19. The number of hydrogen-bond acceptors (Lipinski definition) is 6. The molecule has 1 aromatic heterocycles. The third kappa shape index (κ3) is 4.92. The average molecular weight is 475 g/mol. The number of aryl methyl sites for hydroxylation is 2. The minimum atomic E-state index is -0.0994. The fourth-order valence-corrected chi connectivity index (χ4v) is 4.40. The number of benzene rings is 3. The minimum Gasteiger partial charge on any atom is -0.493 e. The Bertz CT molecular complexity index is 1280. The van der Waals surface area contributed by atoms with Crippen LogP contribution in [0.3, 0.4) is 0 Å². The first-order valence-corrected chi connectivity index (χ1v) is 11.7. The standard InChI is InChI=1S/C26H26N4O3S/c1-17-9-8-10-18(2)24(17)27-23(31)16-34-26-29-28-25(30(26)20-11-6-5-7-12-20)19-13-14-21(32-3)22(15-19)33-4/h5-15H,16H2,1-4H3,(H,27,31). The highest BCUT2D eigenvalue weighted by Crippen LogP contribution is 2.34. The van der Waals surface area contributed by atoms with E-state index < -0.39 is 0 Å². The summed E-state index contributed by atoms with van der Waals surface area (Å²) in [6.45, 7) is 3.97. The Morgan fingerprint density at radius 2 is 1.62 bits per heavy atom. The largest absolute Gasteiger partial charge is 0.493 e. The lowest BCUT2D eigenvalue weighted by Gasteiger charge is -2.13. The first-order chi connectivity index (χ1) is 16.5. The van der Waals surface area contributed by atoms with Crippen molar-refractivity contribution in [3.05, 3.63) is 77.9 Å². The molecule has 0 spiro atoms. The van der Waals surface area contributed by atoms with Crippen LogP contribution in [0.15, 0.2) is 71.9 Å². The van der Waals surface area contributed by atoms with Gasteiger partial charge in [0, 0.05) is 16.9 Å². The van der Waals surface area contributed by atoms with Crippen LogP contribution in [0.4, 0.5) is 5.69 Å². The summed E-state index contributed by atoms with van der Waals surface area (Å²) < 4.78 is 12.8. The monoisotopic (exact) mass is 474 g/mol. The molecule has 0 aliphatic carbocycles. The Balaban J connectivity index is 1.64. The third-order valence-corrected chi connectivity index (χ3v) is 6.30. The molecule has 0 unspecified atom stereocenters. The van der Waals surface area contributed by atoms with Crippen LogP contribution in [0.2, 0.25) is 0 Å². The Morgan fingerprint density at radius 3 is 2.29 bits per heavy atom. The van der Waals surface area contributed by atoms with Crippen LogP contribution >= 0.6 is 11.8 Å². The molecule has 4 rings (SSSR count). The highest BCUT2D eigenvalue weighted by molar-refractivity contribution is 7.99. The fourth-order valence-electron chi connectivity index (χ4n) is 3.65. The van der Waals surface area contributed by atoms with Gasteiger partial charge in [-0.15, -0.1) is 10.2 Å². The molecule has 0 aliphatic heterocycles. The molecule has 4 aromatic rings. The maximum absolute atomic E-state index is 12.7. The van der Waals surface area contributed by atoms with Crippen molar-refractivity contribution in [2.24, 2.45) is 0 Å². The Labute approximate surface area is 203 Å². The van der Waals surface area contributed by atoms with Crippen LogP contribution in [0.5, 0.6) is 11.5 Å². The van der Waals surface area contributed by atoms with Crippen molar-refractivity contribution in [1.82, 2.24) is 14.8 Å². The number of aromatic nitrogens is 3. The summed E-state index contributed by atoms with van der Waals surface area (Å²) >= 11 is 1.34. The highest BCUT2D eigenvalue weighted by atomic mass is 32.2. The first-order valence-electron chi connectivity index (χ1n) is 10.7. The van der Waals surface area contributed by atoms with Gasteiger partial charge in [-0.3, -0.25) is 9.36 Å². The molecular formula is C26H26N4O3S. The molecule has 7 nitrogen and oxygen atoms in total. The predicted molar refractivity (Wildman–Crippen MR) is 135 cm³/mol. The van der Waals surface area contributed by atoms with E-state index in [0.29, 0.717) is 22.5 Å². The van der Waals surface area contributed by atoms with Gasteiger partial charge in [0.2, 0.25) is 5.91 Å². The predicted octanol–water partition coefficient (Wildman–Crippen LogP) is 5.30. The molecule has 0 atom stereocenters. The summed E-state index contributed by atoms with van der Waals surface area (Å²) in [5.41, 5.74) is 4.63. The number of hydrogen-bond donors (Lipinski definition) is 1. The number of thioether (sulfide) groups is 1. The smallest absolute Gasteiger partial charge is 0.234 e. The van der Waals surface area contributed by atoms with Gasteiger partial charge in [0.1, 0.15) is 0 Å². The number of ether oxygens (including phenoxy) is 2. The van der Waals surface area contributed by atoms with Crippen LogP contribution in [0.25, 0.3) is 17.1 Å². The van der Waals surface area contributed by atoms with Crippen LogP contribution in [0, 0.1) is 13.8 Å². The fraction of sp³-hybridized carbons (Fsp3) is 0.192. The molecule has 8 heteroatoms. The number of rotatable bonds is 8. The molecule has 0 bridgehead atoms. The molecular weight excluding hydrogens is 448 g/mol. The summed E-state index contributed by atoms with van der Waals surface area (Å²) in [5, 5.41) is 12.5. The van der Waals surface area contributed by atoms with Gasteiger partial charge in [0.15, 0.2) is 22.5 Å². The number of methoxy groups -OCH3 is 2. The van der Waals surface area contributed by atoms with Gasteiger partial charge in [-0.25, -0.2) is 0 Å². The summed E-state index contributed by atoms with van der Waals surface area (Å²) in [7, 11) is 3.20. The second kappa shape index (κ2) is 10.4. The van der Waals surface area contributed by atoms with Crippen molar-refractivity contribution in [2.75, 3.05) is 25.3 Å². The van der Waals surface area contributed by atoms with E-state index >= 15 is 0 Å². The molecule has 3 aromatic carbocycles. The van der Waals surface area contributed by atoms with E-state index in [9.17, 15) is 4.79 Å². The summed E-state index contributed by atoms with van der Waals surface area (Å²) in [6, 6.07) is 21.4. The summed E-state index contributed by atoms with van der Waals surface area (Å²) in [6.07, 6.45) is 0. The van der Waals surface area contributed by atoms with Crippen LogP contribution in [-0.2, 0) is 4.79 Å². The maximum Gasteiger partial charge on any atom is 0.234 e. The second-order valence-corrected chi connectivity index (χ2v) is 8.59. The molecule has 174 valence electrons. The van der Waals surface area contributed by atoms with Gasteiger partial charge < -0.3 is 14.8 Å². The Morgan fingerprint density at radius 1 is 0.912 bits per heavy atom. The topological polar surface area (TPSA) is 78.3 Å². The lowest BCUT2D eigenvalue weighted by Crippen LogP contribution is -2.16. The quantitative estimate of drug-likeness (QED) is 0.349. The van der Waals surface area contributed by atoms with E-state index in [1.165, 1.54) is 11.8 Å². The SMILES string of the molecule is COc1ccc(-c2nnc(SCC(=O)Nc3c(C)cccc3C)n2-c2ccccc2)cc1OC. The lowest BCUT2D eigenvalue weighted by molar-refractivity contribution is -0.113. The normalized spacial score (nSPS) is 10.7. The van der Waals surface area contributed by atoms with Crippen LogP contribution in [0.1, 0.15) is 11.1 Å². The van der Waals surface area contributed by atoms with E-state index in [4.69, 9.17) is 9.47 Å². The minimum absolute atomic E-state index is 0.0994. The van der Waals surface area contributed by atoms with Crippen molar-refractivity contribution in [3.63, 3.8) is 0 Å². The van der Waals surface area contributed by atoms with Gasteiger partial charge in [-0.05, 0) is 55.3 Å². The first kappa shape index (κ1) is 23.4. The zero-order chi connectivity index (χ0) is 24.1. The van der Waals surface area contributed by atoms with E-state index in [-0.39, 0.29) is 11.7 Å². The van der Waals surface area contributed by atoms with Crippen molar-refractivity contribution >= 4 is 23.4 Å². The molecule has 0 aliphatic rings. The molecule has 0 saturated carbocycles. The van der Waals surface area contributed by atoms with E-state index in [2.05, 4.69) is 15.5 Å². The second-order valence-electron chi connectivity index (χ2n) is 7.65. The number of carbonyl (C=O) groups excluding carboxylic acids is 1. The van der Waals surface area contributed by atoms with Crippen LogP contribution in [-0.4, -0.2) is 40.6 Å². The average Bonchev–Trinajstić information content (AvgIpc) is 3.29. The molecule has 1 heterocycles. The van der Waals surface area contributed by atoms with Crippen LogP contribution < -0.4 is 14.8 Å². The zero-order valence-electron chi connectivity index (χ0n) is 19.5. The van der Waals surface area contributed by atoms with E-state index in [0.717, 1.165) is 28.1 Å². The lowest BCUT2D eigenvalue weighted by atomic mass is 10.1. The summed E-state index contributed by atoms with van der Waals surface area (Å²) in [4.78, 5) is 12.7. The van der Waals surface area contributed by atoms with Gasteiger partial charge in [-0.1, -0.05) is 48.2 Å². The van der Waals surface area contributed by atoms with Crippen molar-refractivity contribution in [1.29, 1.82) is 0 Å². The third-order valence-electron chi connectivity index (χ3n) is 5.37. The Hall–Kier alpha value is -3.78. The number of nitrogens with zero attached hydrogens (tertiary/aromatic N) is 3. The van der Waals surface area contributed by atoms with Gasteiger partial charge in [0.25, 0.3) is 0 Å². The Kier molecular flexibility index (Phi) is 7.18. The maximum atomic E-state index is 12.7. The van der Waals surface area contributed by atoms with Crippen molar-refractivity contribution in [2.45, 2.75) is 19.0 Å². The molecule has 0 fully saturated rings. The number of para-hydroxylation sites is 2. The number of amides is 1. The molecule has 0 saturated heterocycles.